The second-order valence-electron chi connectivity index (χ2n) is 2.50. The summed E-state index contributed by atoms with van der Waals surface area (Å²) in [6, 6.07) is 2.73. The van der Waals surface area contributed by atoms with Gasteiger partial charge < -0.3 is 4.42 Å². The first kappa shape index (κ1) is 9.08. The molecule has 0 unspecified atom stereocenters. The second-order valence-corrected chi connectivity index (χ2v) is 2.76. The summed E-state index contributed by atoms with van der Waals surface area (Å²) in [5.41, 5.74) is 0.426. The lowest BCUT2D eigenvalue weighted by atomic mass is 10.3. The van der Waals surface area contributed by atoms with Crippen molar-refractivity contribution >= 4 is 11.6 Å². The number of halogens is 2. The van der Waals surface area contributed by atoms with E-state index in [1.54, 1.807) is 0 Å². The first-order valence-electron chi connectivity index (χ1n) is 3.80. The van der Waals surface area contributed by atoms with Crippen LogP contribution in [-0.2, 0) is 5.88 Å². The number of rotatable bonds is 2. The number of hydrogen-bond donors (Lipinski definition) is 0. The van der Waals surface area contributed by atoms with E-state index in [1.807, 2.05) is 0 Å². The van der Waals surface area contributed by atoms with Crippen molar-refractivity contribution in [3.63, 3.8) is 0 Å². The van der Waals surface area contributed by atoms with E-state index in [2.05, 4.69) is 15.2 Å². The van der Waals surface area contributed by atoms with Gasteiger partial charge in [0.05, 0.1) is 6.20 Å². The minimum absolute atomic E-state index is 0.147. The molecular weight excluding hydrogens is 209 g/mol. The third-order valence-electron chi connectivity index (χ3n) is 1.53. The van der Waals surface area contributed by atoms with Crippen molar-refractivity contribution in [3.05, 3.63) is 30.0 Å². The van der Waals surface area contributed by atoms with Gasteiger partial charge in [0.1, 0.15) is 17.4 Å². The van der Waals surface area contributed by atoms with Gasteiger partial charge in [0.25, 0.3) is 5.89 Å². The van der Waals surface area contributed by atoms with Crippen molar-refractivity contribution < 1.29 is 8.81 Å². The van der Waals surface area contributed by atoms with Crippen LogP contribution in [-0.4, -0.2) is 15.2 Å². The number of nitrogens with zero attached hydrogens (tertiary/aromatic N) is 3. The van der Waals surface area contributed by atoms with Gasteiger partial charge >= 0.3 is 0 Å². The molecule has 0 amide bonds. The molecule has 6 heteroatoms. The van der Waals surface area contributed by atoms with Gasteiger partial charge in [-0.15, -0.1) is 21.8 Å². The number of hydrogen-bond acceptors (Lipinski definition) is 4. The zero-order chi connectivity index (χ0) is 9.97. The molecule has 0 aliphatic carbocycles. The summed E-state index contributed by atoms with van der Waals surface area (Å²) in [5.74, 6) is 0.285. The molecule has 0 saturated heterocycles. The first-order chi connectivity index (χ1) is 6.79. The third-order valence-corrected chi connectivity index (χ3v) is 1.76. The van der Waals surface area contributed by atoms with Gasteiger partial charge in [0.2, 0.25) is 5.89 Å². The summed E-state index contributed by atoms with van der Waals surface area (Å²) in [6.07, 6.45) is 1.08. The Morgan fingerprint density at radius 2 is 2.21 bits per heavy atom. The van der Waals surface area contributed by atoms with Gasteiger partial charge in [-0.1, -0.05) is 0 Å². The molecule has 0 aliphatic rings. The van der Waals surface area contributed by atoms with Gasteiger partial charge in [-0.25, -0.2) is 9.37 Å². The van der Waals surface area contributed by atoms with Crippen molar-refractivity contribution in [2.24, 2.45) is 0 Å². The maximum Gasteiger partial charge on any atom is 0.266 e. The SMILES string of the molecule is Fc1ccc(-c2nnc(CCl)o2)nc1. The molecule has 0 radical (unpaired) electrons. The van der Waals surface area contributed by atoms with Crippen molar-refractivity contribution in [1.29, 1.82) is 0 Å². The Bertz CT molecular complexity index is 428. The summed E-state index contributed by atoms with van der Waals surface area (Å²) < 4.78 is 17.6. The second kappa shape index (κ2) is 3.71. The standard InChI is InChI=1S/C8H5ClFN3O/c9-3-7-12-13-8(14-7)6-2-1-5(10)4-11-6/h1-2,4H,3H2. The number of alkyl halides is 1. The number of pyridine rings is 1. The number of aromatic nitrogens is 3. The van der Waals surface area contributed by atoms with E-state index < -0.39 is 5.82 Å². The molecule has 2 heterocycles. The zero-order valence-corrected chi connectivity index (χ0v) is 7.70. The molecular formula is C8H5ClFN3O. The van der Waals surface area contributed by atoms with E-state index in [0.29, 0.717) is 11.6 Å². The fourth-order valence-electron chi connectivity index (χ4n) is 0.913. The lowest BCUT2D eigenvalue weighted by Gasteiger charge is -1.91. The van der Waals surface area contributed by atoms with E-state index in [-0.39, 0.29) is 11.8 Å². The Kier molecular flexibility index (Phi) is 2.41. The van der Waals surface area contributed by atoms with E-state index in [9.17, 15) is 4.39 Å². The molecule has 14 heavy (non-hydrogen) atoms. The van der Waals surface area contributed by atoms with E-state index in [4.69, 9.17) is 16.0 Å². The highest BCUT2D eigenvalue weighted by molar-refractivity contribution is 6.16. The largest absolute Gasteiger partial charge is 0.418 e. The van der Waals surface area contributed by atoms with Crippen molar-refractivity contribution in [1.82, 2.24) is 15.2 Å². The van der Waals surface area contributed by atoms with Crippen LogP contribution in [0.4, 0.5) is 4.39 Å². The predicted molar refractivity (Wildman–Crippen MR) is 47.0 cm³/mol. The third kappa shape index (κ3) is 1.72. The van der Waals surface area contributed by atoms with Gasteiger partial charge in [-0.05, 0) is 12.1 Å². The molecule has 0 spiro atoms. The molecule has 0 bridgehead atoms. The quantitative estimate of drug-likeness (QED) is 0.716. The van der Waals surface area contributed by atoms with Crippen LogP contribution in [0.25, 0.3) is 11.6 Å². The van der Waals surface area contributed by atoms with E-state index in [0.717, 1.165) is 6.20 Å². The maximum atomic E-state index is 12.5. The maximum absolute atomic E-state index is 12.5. The highest BCUT2D eigenvalue weighted by atomic mass is 35.5. The summed E-state index contributed by atoms with van der Waals surface area (Å²) in [6.45, 7) is 0. The lowest BCUT2D eigenvalue weighted by Crippen LogP contribution is -1.84. The average Bonchev–Trinajstić information content (AvgIpc) is 2.67. The summed E-state index contributed by atoms with van der Waals surface area (Å²) >= 11 is 5.48. The van der Waals surface area contributed by atoms with Gasteiger partial charge in [-0.3, -0.25) is 0 Å². The summed E-state index contributed by atoms with van der Waals surface area (Å²) in [4.78, 5) is 3.78. The van der Waals surface area contributed by atoms with Crippen LogP contribution in [0.2, 0.25) is 0 Å². The molecule has 0 atom stereocenters. The first-order valence-corrected chi connectivity index (χ1v) is 4.33. The Labute approximate surface area is 83.7 Å². The van der Waals surface area contributed by atoms with Crippen molar-refractivity contribution in [2.75, 3.05) is 0 Å². The van der Waals surface area contributed by atoms with Gasteiger partial charge in [0.15, 0.2) is 0 Å². The van der Waals surface area contributed by atoms with Crippen molar-refractivity contribution in [2.45, 2.75) is 5.88 Å². The van der Waals surface area contributed by atoms with Crippen molar-refractivity contribution in [3.8, 4) is 11.6 Å². The molecule has 0 saturated carbocycles. The van der Waals surface area contributed by atoms with Crippen LogP contribution in [0.3, 0.4) is 0 Å². The van der Waals surface area contributed by atoms with Crippen LogP contribution in [0, 0.1) is 5.82 Å². The van der Waals surface area contributed by atoms with E-state index >= 15 is 0 Å². The highest BCUT2D eigenvalue weighted by Crippen LogP contribution is 2.15. The summed E-state index contributed by atoms with van der Waals surface area (Å²) in [7, 11) is 0. The minimum atomic E-state index is -0.411. The van der Waals surface area contributed by atoms with Gasteiger partial charge in [0, 0.05) is 0 Å². The minimum Gasteiger partial charge on any atom is -0.418 e. The van der Waals surface area contributed by atoms with Crippen LogP contribution in [0.1, 0.15) is 5.89 Å². The molecule has 0 N–H and O–H groups in total. The molecule has 72 valence electrons. The smallest absolute Gasteiger partial charge is 0.266 e. The monoisotopic (exact) mass is 213 g/mol. The topological polar surface area (TPSA) is 51.8 Å². The Balaban J connectivity index is 2.34. The van der Waals surface area contributed by atoms with Crippen LogP contribution >= 0.6 is 11.6 Å². The Hall–Kier alpha value is -1.49. The Morgan fingerprint density at radius 3 is 2.79 bits per heavy atom. The summed E-state index contributed by atoms with van der Waals surface area (Å²) in [5, 5.41) is 7.35. The predicted octanol–water partition coefficient (Wildman–Crippen LogP) is 2.01. The van der Waals surface area contributed by atoms with Gasteiger partial charge in [-0.2, -0.15) is 0 Å². The molecule has 2 aromatic rings. The fraction of sp³-hybridized carbons (Fsp3) is 0.125. The van der Waals surface area contributed by atoms with Crippen LogP contribution in [0.5, 0.6) is 0 Å². The molecule has 0 aliphatic heterocycles. The molecule has 0 fully saturated rings. The molecule has 0 aromatic carbocycles. The molecule has 2 rings (SSSR count). The lowest BCUT2D eigenvalue weighted by molar-refractivity contribution is 0.525. The average molecular weight is 214 g/mol. The zero-order valence-electron chi connectivity index (χ0n) is 6.94. The van der Waals surface area contributed by atoms with Crippen LogP contribution < -0.4 is 0 Å². The Morgan fingerprint density at radius 1 is 1.36 bits per heavy atom. The van der Waals surface area contributed by atoms with Crippen LogP contribution in [0.15, 0.2) is 22.7 Å². The molecule has 2 aromatic heterocycles. The highest BCUT2D eigenvalue weighted by Gasteiger charge is 2.08. The molecule has 4 nitrogen and oxygen atoms in total. The normalized spacial score (nSPS) is 10.4. The van der Waals surface area contributed by atoms with E-state index in [1.165, 1.54) is 12.1 Å². The fourth-order valence-corrected chi connectivity index (χ4v) is 1.02.